The van der Waals surface area contributed by atoms with Crippen molar-refractivity contribution in [2.45, 2.75) is 77.4 Å². The summed E-state index contributed by atoms with van der Waals surface area (Å²) in [5, 5.41) is 9.62. The van der Waals surface area contributed by atoms with Crippen LogP contribution in [-0.4, -0.2) is 65.2 Å². The summed E-state index contributed by atoms with van der Waals surface area (Å²) in [7, 11) is 1.53. The van der Waals surface area contributed by atoms with Crippen LogP contribution < -0.4 is 0 Å². The molecular weight excluding hydrogens is 408 g/mol. The van der Waals surface area contributed by atoms with Crippen molar-refractivity contribution in [3.63, 3.8) is 0 Å². The smallest absolute Gasteiger partial charge is 0.411 e. The highest BCUT2D eigenvalue weighted by atomic mass is 16.6. The number of carboxylic acids is 1. The zero-order valence-corrected chi connectivity index (χ0v) is 19.7. The number of benzene rings is 1. The lowest BCUT2D eigenvalue weighted by atomic mass is 9.95. The molecule has 0 saturated carbocycles. The Morgan fingerprint density at radius 1 is 1.09 bits per heavy atom. The van der Waals surface area contributed by atoms with Crippen LogP contribution >= 0.6 is 0 Å². The van der Waals surface area contributed by atoms with Crippen molar-refractivity contribution >= 4 is 18.0 Å². The molecule has 1 fully saturated rings. The normalized spacial score (nSPS) is 16.7. The van der Waals surface area contributed by atoms with Gasteiger partial charge in [0.1, 0.15) is 6.04 Å². The molecule has 2 rings (SSSR count). The number of hydrogen-bond acceptors (Lipinski definition) is 4. The molecule has 1 aromatic rings. The Kier molecular flexibility index (Phi) is 10.5. The van der Waals surface area contributed by atoms with Gasteiger partial charge in [0.05, 0.1) is 0 Å². The number of ether oxygens (including phenoxy) is 1. The van der Waals surface area contributed by atoms with Crippen molar-refractivity contribution in [1.82, 2.24) is 9.80 Å². The summed E-state index contributed by atoms with van der Waals surface area (Å²) >= 11 is 0. The number of amides is 2. The van der Waals surface area contributed by atoms with Gasteiger partial charge >= 0.3 is 12.1 Å². The van der Waals surface area contributed by atoms with Gasteiger partial charge in [0.25, 0.3) is 0 Å². The van der Waals surface area contributed by atoms with Gasteiger partial charge in [-0.05, 0) is 56.4 Å². The first-order valence-electron chi connectivity index (χ1n) is 11.8. The quantitative estimate of drug-likeness (QED) is 0.546. The molecule has 0 bridgehead atoms. The van der Waals surface area contributed by atoms with Crippen LogP contribution in [-0.2, 0) is 20.7 Å². The van der Waals surface area contributed by atoms with E-state index in [1.54, 1.807) is 0 Å². The first-order valence-corrected chi connectivity index (χ1v) is 11.8. The van der Waals surface area contributed by atoms with Crippen molar-refractivity contribution in [1.29, 1.82) is 0 Å². The highest BCUT2D eigenvalue weighted by molar-refractivity contribution is 5.86. The van der Waals surface area contributed by atoms with Gasteiger partial charge in [0.2, 0.25) is 12.0 Å². The van der Waals surface area contributed by atoms with E-state index in [1.165, 1.54) is 17.5 Å². The van der Waals surface area contributed by atoms with E-state index in [2.05, 4.69) is 0 Å². The zero-order valence-electron chi connectivity index (χ0n) is 19.7. The molecule has 1 aromatic carbocycles. The number of aryl methyl sites for hydroxylation is 1. The Morgan fingerprint density at radius 3 is 2.34 bits per heavy atom. The van der Waals surface area contributed by atoms with Gasteiger partial charge in [-0.25, -0.2) is 9.59 Å². The lowest BCUT2D eigenvalue weighted by molar-refractivity contribution is -0.148. The lowest BCUT2D eigenvalue weighted by Gasteiger charge is -2.34. The second-order valence-corrected chi connectivity index (χ2v) is 8.88. The van der Waals surface area contributed by atoms with E-state index in [1.807, 2.05) is 49.1 Å². The number of carboxylic acid groups (broad SMARTS) is 1. The molecular formula is C25H38N2O5. The predicted octanol–water partition coefficient (Wildman–Crippen LogP) is 4.35. The second kappa shape index (κ2) is 13.1. The molecule has 7 nitrogen and oxygen atoms in total. The lowest BCUT2D eigenvalue weighted by Crippen LogP contribution is -2.51. The fraction of sp³-hybridized carbons (Fsp3) is 0.640. The molecule has 7 heteroatoms. The fourth-order valence-electron chi connectivity index (χ4n) is 4.15. The summed E-state index contributed by atoms with van der Waals surface area (Å²) in [4.78, 5) is 40.7. The fourth-order valence-corrected chi connectivity index (χ4v) is 4.15. The molecule has 1 N–H and O–H groups in total. The standard InChI is InChI=1S/C25H38N2O5/c1-4-11-21(23(28)27-16-9-6-10-17-27)26(3)25(31)32-22(24(29)30)18-19(2)14-15-20-12-7-5-8-13-20/h5,7-8,12-13,19,21-22H,4,6,9-11,14-18H2,1-3H3,(H,29,30). The molecule has 1 aliphatic heterocycles. The number of carbonyl (C=O) groups is 3. The zero-order chi connectivity index (χ0) is 23.5. The Hall–Kier alpha value is -2.57. The van der Waals surface area contributed by atoms with Crippen LogP contribution in [0, 0.1) is 5.92 Å². The minimum Gasteiger partial charge on any atom is -0.479 e. The molecule has 32 heavy (non-hydrogen) atoms. The average Bonchev–Trinajstić information content (AvgIpc) is 2.81. The first-order chi connectivity index (χ1) is 15.3. The number of nitrogens with zero attached hydrogens (tertiary/aromatic N) is 2. The van der Waals surface area contributed by atoms with Gasteiger partial charge in [-0.2, -0.15) is 0 Å². The summed E-state index contributed by atoms with van der Waals surface area (Å²) in [6.45, 7) is 5.34. The number of carbonyl (C=O) groups excluding carboxylic acids is 2. The predicted molar refractivity (Wildman–Crippen MR) is 123 cm³/mol. The maximum absolute atomic E-state index is 13.0. The molecule has 0 aromatic heterocycles. The van der Waals surface area contributed by atoms with E-state index in [4.69, 9.17) is 4.74 Å². The number of likely N-dealkylation sites (N-methyl/N-ethyl adjacent to an activating group) is 1. The number of piperidine rings is 1. The molecule has 3 unspecified atom stereocenters. The minimum absolute atomic E-state index is 0.0656. The summed E-state index contributed by atoms with van der Waals surface area (Å²) in [5.41, 5.74) is 1.20. The monoisotopic (exact) mass is 446 g/mol. The van der Waals surface area contributed by atoms with E-state index >= 15 is 0 Å². The second-order valence-electron chi connectivity index (χ2n) is 8.88. The van der Waals surface area contributed by atoms with E-state index in [-0.39, 0.29) is 18.2 Å². The third-order valence-electron chi connectivity index (χ3n) is 6.17. The molecule has 0 aliphatic carbocycles. The van der Waals surface area contributed by atoms with Crippen molar-refractivity contribution in [3.8, 4) is 0 Å². The topological polar surface area (TPSA) is 87.2 Å². The minimum atomic E-state index is -1.23. The SMILES string of the molecule is CCCC(C(=O)N1CCCCC1)N(C)C(=O)OC(CC(C)CCc1ccccc1)C(=O)O. The molecule has 0 radical (unpaired) electrons. The average molecular weight is 447 g/mol. The molecule has 1 saturated heterocycles. The van der Waals surface area contributed by atoms with Gasteiger partial charge in [-0.3, -0.25) is 9.69 Å². The van der Waals surface area contributed by atoms with E-state index in [9.17, 15) is 19.5 Å². The Morgan fingerprint density at radius 2 is 1.75 bits per heavy atom. The van der Waals surface area contributed by atoms with Gasteiger partial charge in [0.15, 0.2) is 0 Å². The van der Waals surface area contributed by atoms with Gasteiger partial charge in [-0.1, -0.05) is 50.6 Å². The molecule has 1 heterocycles. The molecule has 2 amide bonds. The Labute approximate surface area is 191 Å². The maximum Gasteiger partial charge on any atom is 0.411 e. The number of rotatable bonds is 11. The summed E-state index contributed by atoms with van der Waals surface area (Å²) in [6, 6.07) is 9.39. The van der Waals surface area contributed by atoms with Gasteiger partial charge in [0, 0.05) is 20.1 Å². The third-order valence-corrected chi connectivity index (χ3v) is 6.17. The van der Waals surface area contributed by atoms with Crippen molar-refractivity contribution in [3.05, 3.63) is 35.9 Å². The number of aliphatic carboxylic acids is 1. The van der Waals surface area contributed by atoms with Crippen LogP contribution in [0.3, 0.4) is 0 Å². The van der Waals surface area contributed by atoms with Crippen LogP contribution in [0.1, 0.15) is 64.4 Å². The van der Waals surface area contributed by atoms with Crippen LogP contribution in [0.15, 0.2) is 30.3 Å². The Bertz CT molecular complexity index is 733. The van der Waals surface area contributed by atoms with E-state index in [0.29, 0.717) is 19.5 Å². The highest BCUT2D eigenvalue weighted by Gasteiger charge is 2.34. The largest absolute Gasteiger partial charge is 0.479 e. The summed E-state index contributed by atoms with van der Waals surface area (Å²) in [5.74, 6) is -1.17. The van der Waals surface area contributed by atoms with Gasteiger partial charge in [-0.15, -0.1) is 0 Å². The molecule has 3 atom stereocenters. The highest BCUT2D eigenvalue weighted by Crippen LogP contribution is 2.19. The summed E-state index contributed by atoms with van der Waals surface area (Å²) < 4.78 is 5.38. The van der Waals surface area contributed by atoms with Crippen molar-refractivity contribution in [2.24, 2.45) is 5.92 Å². The van der Waals surface area contributed by atoms with Crippen LogP contribution in [0.2, 0.25) is 0 Å². The Balaban J connectivity index is 1.94. The van der Waals surface area contributed by atoms with Crippen LogP contribution in [0.25, 0.3) is 0 Å². The summed E-state index contributed by atoms with van der Waals surface area (Å²) in [6.07, 6.45) is 4.20. The first kappa shape index (κ1) is 25.7. The third kappa shape index (κ3) is 7.84. The maximum atomic E-state index is 13.0. The molecule has 0 spiro atoms. The van der Waals surface area contributed by atoms with Crippen molar-refractivity contribution in [2.75, 3.05) is 20.1 Å². The van der Waals surface area contributed by atoms with Gasteiger partial charge < -0.3 is 14.7 Å². The number of hydrogen-bond donors (Lipinski definition) is 1. The number of likely N-dealkylation sites (tertiary alicyclic amines) is 1. The van der Waals surface area contributed by atoms with Crippen molar-refractivity contribution < 1.29 is 24.2 Å². The van der Waals surface area contributed by atoms with Crippen LogP contribution in [0.4, 0.5) is 4.79 Å². The van der Waals surface area contributed by atoms with E-state index in [0.717, 1.165) is 38.5 Å². The van der Waals surface area contributed by atoms with Crippen LogP contribution in [0.5, 0.6) is 0 Å². The van der Waals surface area contributed by atoms with E-state index < -0.39 is 24.2 Å². The molecule has 1 aliphatic rings. The molecule has 178 valence electrons.